The van der Waals surface area contributed by atoms with E-state index in [1.807, 2.05) is 76.5 Å². The fraction of sp³-hybridized carbons (Fsp3) is 0.400. The number of urea groups is 1. The van der Waals surface area contributed by atoms with Gasteiger partial charge in [0.15, 0.2) is 0 Å². The number of benzene rings is 2. The Hall–Kier alpha value is -2.09. The summed E-state index contributed by atoms with van der Waals surface area (Å²) in [6.45, 7) is 1.64. The van der Waals surface area contributed by atoms with Crippen LogP contribution in [0.5, 0.6) is 0 Å². The fourth-order valence-corrected chi connectivity index (χ4v) is 5.81. The van der Waals surface area contributed by atoms with Crippen molar-refractivity contribution in [3.05, 3.63) is 83.9 Å². The molecule has 3 rings (SSSR count). The first-order valence-corrected chi connectivity index (χ1v) is 14.4. The number of carbonyl (C=O) groups is 1. The Balaban J connectivity index is 1.58. The average molecular weight is 505 g/mol. The number of rotatable bonds is 13. The molecule has 2 amide bonds. The summed E-state index contributed by atoms with van der Waals surface area (Å²) in [5, 5.41) is 10.5. The Morgan fingerprint density at radius 2 is 1.68 bits per heavy atom. The number of nitrogens with zero attached hydrogens (tertiary/aromatic N) is 2. The number of thioether (sulfide) groups is 1. The van der Waals surface area contributed by atoms with Crippen molar-refractivity contribution in [1.29, 1.82) is 0 Å². The molecular formula is C25H33N2O5PS. The minimum atomic E-state index is -3.98. The van der Waals surface area contributed by atoms with E-state index < -0.39 is 13.7 Å². The van der Waals surface area contributed by atoms with Gasteiger partial charge in [-0.25, -0.2) is 4.79 Å². The third-order valence-corrected chi connectivity index (χ3v) is 8.23. The second-order valence-electron chi connectivity index (χ2n) is 8.46. The highest BCUT2D eigenvalue weighted by molar-refractivity contribution is 8.04. The van der Waals surface area contributed by atoms with Gasteiger partial charge in [-0.05, 0) is 29.7 Å². The van der Waals surface area contributed by atoms with Gasteiger partial charge in [-0.3, -0.25) is 4.57 Å². The zero-order chi connectivity index (χ0) is 24.4. The molecule has 7 nitrogen and oxygen atoms in total. The van der Waals surface area contributed by atoms with E-state index in [0.717, 1.165) is 24.0 Å². The lowest BCUT2D eigenvalue weighted by Crippen LogP contribution is -2.35. The molecule has 184 valence electrons. The molecule has 0 saturated carbocycles. The number of aliphatic hydroxyl groups excluding tert-OH is 1. The third kappa shape index (κ3) is 8.93. The molecule has 0 radical (unpaired) electrons. The second kappa shape index (κ2) is 13.1. The molecule has 9 heteroatoms. The SMILES string of the molecule is O=C1N(Cc2ccccc2)C[C@H](/C=C/C(O)Cc2ccccc2)N1CCCCSCP(=O)(O)O. The molecule has 0 spiro atoms. The minimum absolute atomic E-state index is 0.0288. The molecule has 2 atom stereocenters. The van der Waals surface area contributed by atoms with Gasteiger partial charge < -0.3 is 24.7 Å². The molecule has 0 aromatic heterocycles. The Morgan fingerprint density at radius 1 is 1.03 bits per heavy atom. The number of aliphatic hydroxyl groups is 1. The smallest absolute Gasteiger partial charge is 0.335 e. The molecule has 2 aromatic carbocycles. The predicted octanol–water partition coefficient (Wildman–Crippen LogP) is 4.10. The van der Waals surface area contributed by atoms with E-state index in [2.05, 4.69) is 0 Å². The first kappa shape index (κ1) is 26.5. The van der Waals surface area contributed by atoms with Crippen LogP contribution in [0.1, 0.15) is 24.0 Å². The molecule has 34 heavy (non-hydrogen) atoms. The Kier molecular flexibility index (Phi) is 10.2. The zero-order valence-corrected chi connectivity index (χ0v) is 20.9. The molecule has 0 aliphatic carbocycles. The lowest BCUT2D eigenvalue weighted by molar-refractivity contribution is 0.187. The Bertz CT molecular complexity index is 970. The van der Waals surface area contributed by atoms with Gasteiger partial charge in [-0.15, -0.1) is 11.8 Å². The van der Waals surface area contributed by atoms with Crippen molar-refractivity contribution in [3.8, 4) is 0 Å². The second-order valence-corrected chi connectivity index (χ2v) is 11.6. The first-order chi connectivity index (χ1) is 16.3. The van der Waals surface area contributed by atoms with Crippen LogP contribution in [-0.2, 0) is 17.5 Å². The van der Waals surface area contributed by atoms with Crippen molar-refractivity contribution in [1.82, 2.24) is 9.80 Å². The van der Waals surface area contributed by atoms with Crippen LogP contribution in [0.25, 0.3) is 0 Å². The topological polar surface area (TPSA) is 101 Å². The normalized spacial score (nSPS) is 17.6. The van der Waals surface area contributed by atoms with Crippen molar-refractivity contribution in [3.63, 3.8) is 0 Å². The van der Waals surface area contributed by atoms with Crippen LogP contribution in [0.2, 0.25) is 0 Å². The maximum absolute atomic E-state index is 13.2. The van der Waals surface area contributed by atoms with Gasteiger partial charge in [0.25, 0.3) is 0 Å². The van der Waals surface area contributed by atoms with Crippen LogP contribution in [0.3, 0.4) is 0 Å². The monoisotopic (exact) mass is 504 g/mol. The number of hydrogen-bond acceptors (Lipinski definition) is 4. The Labute approximate surface area is 205 Å². The van der Waals surface area contributed by atoms with E-state index in [1.165, 1.54) is 11.8 Å². The van der Waals surface area contributed by atoms with Crippen molar-refractivity contribution in [2.75, 3.05) is 24.3 Å². The Morgan fingerprint density at radius 3 is 2.32 bits per heavy atom. The summed E-state index contributed by atoms with van der Waals surface area (Å²) in [7, 11) is -3.98. The van der Waals surface area contributed by atoms with E-state index in [1.54, 1.807) is 6.08 Å². The van der Waals surface area contributed by atoms with Crippen molar-refractivity contribution in [2.24, 2.45) is 0 Å². The van der Waals surface area contributed by atoms with Crippen LogP contribution in [0.4, 0.5) is 4.79 Å². The van der Waals surface area contributed by atoms with Crippen LogP contribution in [0.15, 0.2) is 72.8 Å². The van der Waals surface area contributed by atoms with E-state index in [9.17, 15) is 14.5 Å². The predicted molar refractivity (Wildman–Crippen MR) is 137 cm³/mol. The van der Waals surface area contributed by atoms with Gasteiger partial charge in [-0.2, -0.15) is 0 Å². The van der Waals surface area contributed by atoms with Crippen LogP contribution in [0, 0.1) is 0 Å². The third-order valence-electron chi connectivity index (χ3n) is 5.58. The van der Waals surface area contributed by atoms with Crippen LogP contribution < -0.4 is 0 Å². The highest BCUT2D eigenvalue weighted by Crippen LogP contribution is 2.38. The highest BCUT2D eigenvalue weighted by Gasteiger charge is 2.35. The molecule has 1 fully saturated rings. The van der Waals surface area contributed by atoms with Gasteiger partial charge in [0, 0.05) is 26.1 Å². The minimum Gasteiger partial charge on any atom is -0.389 e. The molecule has 1 saturated heterocycles. The van der Waals surface area contributed by atoms with Gasteiger partial charge in [-0.1, -0.05) is 72.8 Å². The summed E-state index contributed by atoms with van der Waals surface area (Å²) in [4.78, 5) is 34.8. The molecule has 1 heterocycles. The van der Waals surface area contributed by atoms with Gasteiger partial charge >= 0.3 is 13.6 Å². The summed E-state index contributed by atoms with van der Waals surface area (Å²) < 4.78 is 11.0. The van der Waals surface area contributed by atoms with E-state index in [-0.39, 0.29) is 17.6 Å². The van der Waals surface area contributed by atoms with Crippen molar-refractivity contribution < 1.29 is 24.3 Å². The van der Waals surface area contributed by atoms with Crippen LogP contribution in [-0.4, -0.2) is 67.2 Å². The maximum atomic E-state index is 13.2. The summed E-state index contributed by atoms with van der Waals surface area (Å²) >= 11 is 1.24. The summed E-state index contributed by atoms with van der Waals surface area (Å²) in [6, 6.07) is 19.5. The first-order valence-electron chi connectivity index (χ1n) is 11.4. The highest BCUT2D eigenvalue weighted by atomic mass is 32.2. The number of hydrogen-bond donors (Lipinski definition) is 3. The van der Waals surface area contributed by atoms with Crippen LogP contribution >= 0.6 is 19.4 Å². The standard InChI is InChI=1S/C25H33N2O5PS/c28-24(17-21-9-3-1-4-10-21)14-13-23-19-26(18-22-11-5-2-6-12-22)25(29)27(23)15-7-8-16-34-20-33(30,31)32/h1-6,9-14,23-24,28H,7-8,15-20H2,(H2,30,31,32)/b14-13+/t23-,24?/m0/s1. The van der Waals surface area contributed by atoms with Gasteiger partial charge in [0.1, 0.15) is 0 Å². The summed E-state index contributed by atoms with van der Waals surface area (Å²) in [5.41, 5.74) is 1.95. The molecule has 0 bridgehead atoms. The quantitative estimate of drug-likeness (QED) is 0.216. The number of amides is 2. The zero-order valence-electron chi connectivity index (χ0n) is 19.1. The molecule has 1 aliphatic heterocycles. The van der Waals surface area contributed by atoms with E-state index >= 15 is 0 Å². The number of unbranched alkanes of at least 4 members (excludes halogenated alkanes) is 1. The van der Waals surface area contributed by atoms with Crippen molar-refractivity contribution >= 4 is 25.4 Å². The summed E-state index contributed by atoms with van der Waals surface area (Å²) in [6.07, 6.45) is 5.10. The van der Waals surface area contributed by atoms with Gasteiger partial charge in [0.2, 0.25) is 0 Å². The van der Waals surface area contributed by atoms with Crippen molar-refractivity contribution in [2.45, 2.75) is 38.0 Å². The maximum Gasteiger partial charge on any atom is 0.335 e. The fourth-order valence-electron chi connectivity index (χ4n) is 3.94. The molecular weight excluding hydrogens is 471 g/mol. The molecule has 1 aliphatic rings. The van der Waals surface area contributed by atoms with E-state index in [4.69, 9.17) is 9.79 Å². The summed E-state index contributed by atoms with van der Waals surface area (Å²) in [5.74, 6) is 0.636. The molecule has 3 N–H and O–H groups in total. The molecule has 2 aromatic rings. The average Bonchev–Trinajstić information content (AvgIpc) is 3.09. The van der Waals surface area contributed by atoms with E-state index in [0.29, 0.717) is 31.8 Å². The van der Waals surface area contributed by atoms with Gasteiger partial charge in [0.05, 0.1) is 17.6 Å². The molecule has 1 unspecified atom stereocenters. The lowest BCUT2D eigenvalue weighted by atomic mass is 10.1. The lowest BCUT2D eigenvalue weighted by Gasteiger charge is -2.21. The number of carbonyl (C=O) groups excluding carboxylic acids is 1. The largest absolute Gasteiger partial charge is 0.389 e.